The Labute approximate surface area is 351 Å². The number of carbonyl (C=O) groups is 4. The van der Waals surface area contributed by atoms with E-state index in [2.05, 4.69) is 41.9 Å². The molecule has 62 heavy (non-hydrogen) atoms. The Kier molecular flexibility index (Phi) is 12.2. The SMILES string of the molecule is CC(=O)NC1=CC(=O)C=C/C1=N/Nc1ccc(NC(=O)c2ccc(N=Nc3c(S(=O)(=O)O)cc4c(c3N)C(=O)/C(=N\Nc3ccc(S(=O)(=O)O)cc3)C(S(=O)(=O)O)=C4)cc2)cc1. The number of hydrogen-bond acceptors (Lipinski definition) is 17. The molecule has 25 heteroatoms. The van der Waals surface area contributed by atoms with Crippen LogP contribution in [-0.4, -0.2) is 73.7 Å². The minimum atomic E-state index is -5.23. The van der Waals surface area contributed by atoms with Crippen LogP contribution in [-0.2, 0) is 39.9 Å². The van der Waals surface area contributed by atoms with Gasteiger partial charge in [0.2, 0.25) is 11.7 Å². The summed E-state index contributed by atoms with van der Waals surface area (Å²) in [4.78, 5) is 47.4. The van der Waals surface area contributed by atoms with Crippen molar-refractivity contribution in [2.45, 2.75) is 16.7 Å². The summed E-state index contributed by atoms with van der Waals surface area (Å²) in [5, 5.41) is 21.0. The van der Waals surface area contributed by atoms with Crippen molar-refractivity contribution in [2.75, 3.05) is 21.9 Å². The van der Waals surface area contributed by atoms with E-state index in [0.717, 1.165) is 24.3 Å². The lowest BCUT2D eigenvalue weighted by Gasteiger charge is -2.20. The lowest BCUT2D eigenvalue weighted by atomic mass is 9.92. The number of benzene rings is 4. The molecule has 22 nitrogen and oxygen atoms in total. The van der Waals surface area contributed by atoms with Crippen LogP contribution in [0.25, 0.3) is 6.08 Å². The summed E-state index contributed by atoms with van der Waals surface area (Å²) in [5.74, 6) is -2.50. The number of nitrogens with two attached hydrogens (primary N) is 1. The smallest absolute Gasteiger partial charge is 0.296 e. The van der Waals surface area contributed by atoms with Gasteiger partial charge in [-0.2, -0.15) is 40.6 Å². The third kappa shape index (κ3) is 10.2. The molecule has 0 bridgehead atoms. The molecule has 0 aromatic heterocycles. The van der Waals surface area contributed by atoms with Gasteiger partial charge in [-0.15, -0.1) is 5.11 Å². The zero-order chi connectivity index (χ0) is 45.1. The standard InChI is InChI=1S/C37H29N9O13S3/c1-19(47)39-29-18-26(48)12-15-28(29)44-41-24-8-6-22(7-9-24)40-37(50)20-2-4-23(5-3-20)42-45-34-30(61(54,55)56)16-21-17-31(62(57,58)59)35(36(49)32(21)33(34)38)46-43-25-10-13-27(14-11-25)60(51,52)53/h2-18,41,43H,38H2,1H3,(H,39,47)(H,40,50)(H,51,52,53)(H,54,55,56)(H,57,58,59)/b44-28-,45-42?,46-35-. The highest BCUT2D eigenvalue weighted by molar-refractivity contribution is 7.91. The van der Waals surface area contributed by atoms with E-state index in [-0.39, 0.29) is 34.3 Å². The normalized spacial score (nSPS) is 15.5. The number of anilines is 4. The van der Waals surface area contributed by atoms with Crippen molar-refractivity contribution in [1.82, 2.24) is 5.32 Å². The van der Waals surface area contributed by atoms with Gasteiger partial charge in [-0.1, -0.05) is 0 Å². The minimum absolute atomic E-state index is 0.00713. The van der Waals surface area contributed by atoms with Crippen LogP contribution in [0.2, 0.25) is 0 Å². The first-order chi connectivity index (χ1) is 29.1. The monoisotopic (exact) mass is 903 g/mol. The van der Waals surface area contributed by atoms with Crippen molar-refractivity contribution >= 4 is 105 Å². The number of nitrogens with zero attached hydrogens (tertiary/aromatic N) is 4. The average Bonchev–Trinajstić information content (AvgIpc) is 3.19. The molecule has 0 atom stereocenters. The molecule has 0 fully saturated rings. The second kappa shape index (κ2) is 17.2. The second-order valence-corrected chi connectivity index (χ2v) is 17.0. The Hall–Kier alpha value is -7.55. The highest BCUT2D eigenvalue weighted by Gasteiger charge is 2.37. The van der Waals surface area contributed by atoms with Crippen LogP contribution in [0.3, 0.4) is 0 Å². The lowest BCUT2D eigenvalue weighted by Crippen LogP contribution is -2.28. The molecule has 0 heterocycles. The molecule has 4 aromatic rings. The van der Waals surface area contributed by atoms with Crippen LogP contribution in [0.1, 0.15) is 33.2 Å². The van der Waals surface area contributed by atoms with E-state index in [1.165, 1.54) is 49.4 Å². The predicted octanol–water partition coefficient (Wildman–Crippen LogP) is 4.25. The van der Waals surface area contributed by atoms with Crippen molar-refractivity contribution in [2.24, 2.45) is 20.4 Å². The van der Waals surface area contributed by atoms with Gasteiger partial charge in [0, 0.05) is 24.3 Å². The number of nitrogens with one attached hydrogen (secondary N) is 4. The van der Waals surface area contributed by atoms with Crippen molar-refractivity contribution < 1.29 is 58.1 Å². The number of hydrogen-bond donors (Lipinski definition) is 8. The summed E-state index contributed by atoms with van der Waals surface area (Å²) >= 11 is 0. The van der Waals surface area contributed by atoms with Gasteiger partial charge in [0.25, 0.3) is 36.3 Å². The van der Waals surface area contributed by atoms with Gasteiger partial charge in [0.05, 0.1) is 38.9 Å². The average molecular weight is 904 g/mol. The third-order valence-electron chi connectivity index (χ3n) is 8.42. The summed E-state index contributed by atoms with van der Waals surface area (Å²) in [5.41, 5.74) is 9.57. The molecule has 318 valence electrons. The van der Waals surface area contributed by atoms with Gasteiger partial charge >= 0.3 is 0 Å². The predicted molar refractivity (Wildman–Crippen MR) is 224 cm³/mol. The quantitative estimate of drug-likeness (QED) is 0.0324. The van der Waals surface area contributed by atoms with Crippen molar-refractivity contribution in [3.05, 3.63) is 124 Å². The Morgan fingerprint density at radius 2 is 1.27 bits per heavy atom. The van der Waals surface area contributed by atoms with E-state index >= 15 is 0 Å². The first-order valence-electron chi connectivity index (χ1n) is 17.2. The second-order valence-electron chi connectivity index (χ2n) is 12.8. The largest absolute Gasteiger partial charge is 0.396 e. The fraction of sp³-hybridized carbons (Fsp3) is 0.0270. The number of Topliss-reactive ketones (excluding diaryl/α,β-unsaturated/α-hetero) is 1. The topological polar surface area (TPSA) is 355 Å². The summed E-state index contributed by atoms with van der Waals surface area (Å²) in [6, 6.07) is 16.6. The van der Waals surface area contributed by atoms with E-state index in [0.29, 0.717) is 29.2 Å². The fourth-order valence-electron chi connectivity index (χ4n) is 5.57. The molecular weight excluding hydrogens is 875 g/mol. The van der Waals surface area contributed by atoms with Crippen LogP contribution >= 0.6 is 0 Å². The molecule has 0 radical (unpaired) electrons. The number of allylic oxidation sites excluding steroid dienone is 4. The molecule has 9 N–H and O–H groups in total. The number of amides is 2. The molecule has 0 aliphatic heterocycles. The highest BCUT2D eigenvalue weighted by Crippen LogP contribution is 2.41. The summed E-state index contributed by atoms with van der Waals surface area (Å²) in [7, 11) is -15.0. The summed E-state index contributed by atoms with van der Waals surface area (Å²) in [6.07, 6.45) is 4.63. The molecule has 0 saturated carbocycles. The maximum atomic E-state index is 13.7. The number of ketones is 2. The van der Waals surface area contributed by atoms with Crippen LogP contribution in [0.5, 0.6) is 0 Å². The van der Waals surface area contributed by atoms with Gasteiger partial charge in [-0.3, -0.25) is 43.7 Å². The minimum Gasteiger partial charge on any atom is -0.396 e. The molecule has 2 amide bonds. The first-order valence-corrected chi connectivity index (χ1v) is 21.5. The van der Waals surface area contributed by atoms with E-state index in [9.17, 15) is 58.1 Å². The number of fused-ring (bicyclic) bond motifs is 1. The Balaban J connectivity index is 1.21. The van der Waals surface area contributed by atoms with Crippen LogP contribution in [0.4, 0.5) is 34.1 Å². The molecule has 2 aliphatic rings. The summed E-state index contributed by atoms with van der Waals surface area (Å²) in [6.45, 7) is 1.29. The van der Waals surface area contributed by atoms with Crippen molar-refractivity contribution in [1.29, 1.82) is 0 Å². The molecule has 0 spiro atoms. The zero-order valence-corrected chi connectivity index (χ0v) is 33.8. The molecule has 0 unspecified atom stereocenters. The van der Waals surface area contributed by atoms with Gasteiger partial charge in [-0.25, -0.2) is 0 Å². The Bertz CT molecular complexity index is 3110. The van der Waals surface area contributed by atoms with Crippen LogP contribution in [0.15, 0.2) is 138 Å². The van der Waals surface area contributed by atoms with Gasteiger partial charge in [-0.05, 0) is 103 Å². The van der Waals surface area contributed by atoms with E-state index in [4.69, 9.17) is 5.73 Å². The van der Waals surface area contributed by atoms with Gasteiger partial charge in [0.15, 0.2) is 11.5 Å². The number of azo groups is 1. The third-order valence-corrected chi connectivity index (χ3v) is 11.0. The lowest BCUT2D eigenvalue weighted by molar-refractivity contribution is -0.118. The highest BCUT2D eigenvalue weighted by atomic mass is 32.2. The summed E-state index contributed by atoms with van der Waals surface area (Å²) < 4.78 is 102. The maximum Gasteiger partial charge on any atom is 0.296 e. The molecular formula is C37H29N9O13S3. The molecule has 6 rings (SSSR count). The van der Waals surface area contributed by atoms with Crippen LogP contribution < -0.4 is 27.2 Å². The van der Waals surface area contributed by atoms with Crippen LogP contribution in [0, 0.1) is 0 Å². The van der Waals surface area contributed by atoms with E-state index < -0.39 is 85.0 Å². The first kappa shape index (κ1) is 44.0. The van der Waals surface area contributed by atoms with E-state index in [1.54, 1.807) is 24.3 Å². The zero-order valence-electron chi connectivity index (χ0n) is 31.3. The fourth-order valence-corrected chi connectivity index (χ4v) is 7.38. The van der Waals surface area contributed by atoms with Gasteiger partial charge < -0.3 is 16.4 Å². The van der Waals surface area contributed by atoms with Crippen molar-refractivity contribution in [3.63, 3.8) is 0 Å². The number of rotatable bonds is 12. The maximum absolute atomic E-state index is 13.7. The molecule has 0 saturated heterocycles. The number of nitrogen functional groups attached to an aromatic ring is 1. The molecule has 4 aromatic carbocycles. The Morgan fingerprint density at radius 3 is 1.85 bits per heavy atom. The Morgan fingerprint density at radius 1 is 0.677 bits per heavy atom. The number of carbonyl (C=O) groups excluding carboxylic acids is 4. The van der Waals surface area contributed by atoms with E-state index in [1.807, 2.05) is 0 Å². The number of hydrazone groups is 2. The van der Waals surface area contributed by atoms with Crippen molar-refractivity contribution in [3.8, 4) is 0 Å². The molecule has 2 aliphatic carbocycles. The van der Waals surface area contributed by atoms with Gasteiger partial charge in [0.1, 0.15) is 21.2 Å².